The van der Waals surface area contributed by atoms with Crippen molar-refractivity contribution in [2.45, 2.75) is 12.6 Å². The molecular weight excluding hydrogens is 296 g/mol. The van der Waals surface area contributed by atoms with Crippen LogP contribution >= 0.6 is 15.9 Å². The lowest BCUT2D eigenvalue weighted by atomic mass is 10.1. The summed E-state index contributed by atoms with van der Waals surface area (Å²) in [5.74, 6) is 0. The van der Waals surface area contributed by atoms with Crippen LogP contribution in [0.15, 0.2) is 22.7 Å². The Labute approximate surface area is 116 Å². The van der Waals surface area contributed by atoms with Gasteiger partial charge in [-0.15, -0.1) is 0 Å². The van der Waals surface area contributed by atoms with Gasteiger partial charge in [0.2, 0.25) is 0 Å². The SMILES string of the molecule is CNCc1ccc(Br)cc1N1CCOCC1CO. The van der Waals surface area contributed by atoms with E-state index in [0.29, 0.717) is 13.2 Å². The molecule has 4 nitrogen and oxygen atoms in total. The Morgan fingerprint density at radius 1 is 1.56 bits per heavy atom. The molecule has 2 rings (SSSR count). The van der Waals surface area contributed by atoms with Crippen LogP contribution in [0.4, 0.5) is 5.69 Å². The summed E-state index contributed by atoms with van der Waals surface area (Å²) in [7, 11) is 1.94. The number of rotatable bonds is 4. The van der Waals surface area contributed by atoms with Crippen LogP contribution in [0.3, 0.4) is 0 Å². The van der Waals surface area contributed by atoms with Crippen LogP contribution < -0.4 is 10.2 Å². The Morgan fingerprint density at radius 3 is 3.11 bits per heavy atom. The Kier molecular flexibility index (Phi) is 5.00. The van der Waals surface area contributed by atoms with Crippen LogP contribution in [-0.4, -0.2) is 44.6 Å². The number of nitrogens with one attached hydrogen (secondary N) is 1. The molecule has 1 atom stereocenters. The monoisotopic (exact) mass is 314 g/mol. The van der Waals surface area contributed by atoms with Gasteiger partial charge in [-0.3, -0.25) is 0 Å². The maximum absolute atomic E-state index is 9.46. The van der Waals surface area contributed by atoms with Gasteiger partial charge in [0.1, 0.15) is 0 Å². The van der Waals surface area contributed by atoms with E-state index in [1.165, 1.54) is 11.3 Å². The molecule has 0 aliphatic carbocycles. The number of hydrogen-bond acceptors (Lipinski definition) is 4. The second-order valence-corrected chi connectivity index (χ2v) is 5.32. The number of ether oxygens (including phenoxy) is 1. The highest BCUT2D eigenvalue weighted by Gasteiger charge is 2.24. The molecule has 2 N–H and O–H groups in total. The van der Waals surface area contributed by atoms with E-state index in [0.717, 1.165) is 17.6 Å². The van der Waals surface area contributed by atoms with Crippen LogP contribution in [0.5, 0.6) is 0 Å². The zero-order chi connectivity index (χ0) is 13.0. The summed E-state index contributed by atoms with van der Waals surface area (Å²) in [6.07, 6.45) is 0. The van der Waals surface area contributed by atoms with E-state index in [1.54, 1.807) is 0 Å². The third-order valence-electron chi connectivity index (χ3n) is 3.16. The lowest BCUT2D eigenvalue weighted by molar-refractivity contribution is 0.0726. The van der Waals surface area contributed by atoms with Gasteiger partial charge in [0.15, 0.2) is 0 Å². The largest absolute Gasteiger partial charge is 0.394 e. The number of nitrogens with zero attached hydrogens (tertiary/aromatic N) is 1. The van der Waals surface area contributed by atoms with Gasteiger partial charge >= 0.3 is 0 Å². The number of morpholine rings is 1. The van der Waals surface area contributed by atoms with Crippen molar-refractivity contribution in [2.24, 2.45) is 0 Å². The lowest BCUT2D eigenvalue weighted by Crippen LogP contribution is -2.48. The molecule has 1 aliphatic rings. The maximum Gasteiger partial charge on any atom is 0.0755 e. The molecule has 1 fully saturated rings. The molecule has 5 heteroatoms. The molecule has 1 aliphatic heterocycles. The van der Waals surface area contributed by atoms with Crippen LogP contribution in [0.25, 0.3) is 0 Å². The fraction of sp³-hybridized carbons (Fsp3) is 0.538. The van der Waals surface area contributed by atoms with Crippen LogP contribution in [-0.2, 0) is 11.3 Å². The molecule has 1 heterocycles. The molecule has 1 unspecified atom stereocenters. The minimum absolute atomic E-state index is 0.0451. The van der Waals surface area contributed by atoms with Crippen LogP contribution in [0.1, 0.15) is 5.56 Å². The number of anilines is 1. The quantitative estimate of drug-likeness (QED) is 0.881. The van der Waals surface area contributed by atoms with Gasteiger partial charge in [-0.25, -0.2) is 0 Å². The Bertz CT molecular complexity index is 401. The van der Waals surface area contributed by atoms with Crippen molar-refractivity contribution in [2.75, 3.05) is 38.3 Å². The molecule has 0 aromatic heterocycles. The van der Waals surface area contributed by atoms with Crippen molar-refractivity contribution in [3.8, 4) is 0 Å². The van der Waals surface area contributed by atoms with Crippen molar-refractivity contribution >= 4 is 21.6 Å². The maximum atomic E-state index is 9.46. The summed E-state index contributed by atoms with van der Waals surface area (Å²) < 4.78 is 6.48. The predicted molar refractivity (Wildman–Crippen MR) is 75.9 cm³/mol. The first-order valence-corrected chi connectivity index (χ1v) is 6.94. The average molecular weight is 315 g/mol. The number of halogens is 1. The molecular formula is C13H19BrN2O2. The van der Waals surface area contributed by atoms with Gasteiger partial charge in [0.05, 0.1) is 25.9 Å². The van der Waals surface area contributed by atoms with E-state index in [1.807, 2.05) is 13.1 Å². The molecule has 1 saturated heterocycles. The van der Waals surface area contributed by atoms with E-state index < -0.39 is 0 Å². The number of benzene rings is 1. The van der Waals surface area contributed by atoms with Crippen LogP contribution in [0, 0.1) is 0 Å². The first-order valence-electron chi connectivity index (χ1n) is 6.14. The van der Waals surface area contributed by atoms with Gasteiger partial charge in [0.25, 0.3) is 0 Å². The van der Waals surface area contributed by atoms with Gasteiger partial charge < -0.3 is 20.1 Å². The smallest absolute Gasteiger partial charge is 0.0755 e. The first-order chi connectivity index (χ1) is 8.76. The molecule has 100 valence electrons. The number of aliphatic hydroxyl groups is 1. The number of aliphatic hydroxyl groups excluding tert-OH is 1. The number of hydrogen-bond donors (Lipinski definition) is 2. The molecule has 0 saturated carbocycles. The molecule has 0 amide bonds. The Hall–Kier alpha value is -0.620. The fourth-order valence-electron chi connectivity index (χ4n) is 2.27. The van der Waals surface area contributed by atoms with Gasteiger partial charge in [0, 0.05) is 23.2 Å². The van der Waals surface area contributed by atoms with E-state index in [4.69, 9.17) is 4.74 Å². The minimum atomic E-state index is 0.0451. The van der Waals surface area contributed by atoms with Gasteiger partial charge in [-0.1, -0.05) is 22.0 Å². The molecule has 1 aromatic rings. The third kappa shape index (κ3) is 3.03. The highest BCUT2D eigenvalue weighted by Crippen LogP contribution is 2.28. The van der Waals surface area contributed by atoms with E-state index in [-0.39, 0.29) is 12.6 Å². The van der Waals surface area contributed by atoms with E-state index >= 15 is 0 Å². The second-order valence-electron chi connectivity index (χ2n) is 4.41. The second kappa shape index (κ2) is 6.52. The summed E-state index contributed by atoms with van der Waals surface area (Å²) in [6, 6.07) is 6.31. The Balaban J connectivity index is 2.31. The average Bonchev–Trinajstić information content (AvgIpc) is 2.41. The van der Waals surface area contributed by atoms with Crippen molar-refractivity contribution in [1.82, 2.24) is 5.32 Å². The first kappa shape index (κ1) is 13.8. The summed E-state index contributed by atoms with van der Waals surface area (Å²) in [4.78, 5) is 2.24. The van der Waals surface area contributed by atoms with Gasteiger partial charge in [-0.2, -0.15) is 0 Å². The molecule has 0 bridgehead atoms. The summed E-state index contributed by atoms with van der Waals surface area (Å²) >= 11 is 3.52. The van der Waals surface area contributed by atoms with E-state index in [9.17, 15) is 5.11 Å². The highest BCUT2D eigenvalue weighted by atomic mass is 79.9. The normalized spacial score (nSPS) is 20.2. The molecule has 0 spiro atoms. The fourth-order valence-corrected chi connectivity index (χ4v) is 2.62. The van der Waals surface area contributed by atoms with Crippen LogP contribution in [0.2, 0.25) is 0 Å². The lowest BCUT2D eigenvalue weighted by Gasteiger charge is -2.37. The summed E-state index contributed by atoms with van der Waals surface area (Å²) in [6.45, 7) is 3.05. The summed E-state index contributed by atoms with van der Waals surface area (Å²) in [5, 5.41) is 12.6. The molecule has 18 heavy (non-hydrogen) atoms. The van der Waals surface area contributed by atoms with Crippen molar-refractivity contribution in [3.63, 3.8) is 0 Å². The third-order valence-corrected chi connectivity index (χ3v) is 3.66. The molecule has 0 radical (unpaired) electrons. The topological polar surface area (TPSA) is 44.7 Å². The highest BCUT2D eigenvalue weighted by molar-refractivity contribution is 9.10. The summed E-state index contributed by atoms with van der Waals surface area (Å²) in [5.41, 5.74) is 2.40. The predicted octanol–water partition coefficient (Wildman–Crippen LogP) is 1.37. The Morgan fingerprint density at radius 2 is 2.39 bits per heavy atom. The van der Waals surface area contributed by atoms with Crippen molar-refractivity contribution < 1.29 is 9.84 Å². The zero-order valence-corrected chi connectivity index (χ0v) is 12.1. The standard InChI is InChI=1S/C13H19BrN2O2/c1-15-7-10-2-3-11(14)6-13(10)16-4-5-18-9-12(16)8-17/h2-3,6,12,15,17H,4-5,7-9H2,1H3. The zero-order valence-electron chi connectivity index (χ0n) is 10.5. The van der Waals surface area contributed by atoms with Gasteiger partial charge in [-0.05, 0) is 24.7 Å². The molecule has 1 aromatic carbocycles. The van der Waals surface area contributed by atoms with E-state index in [2.05, 4.69) is 38.3 Å². The van der Waals surface area contributed by atoms with Crippen molar-refractivity contribution in [1.29, 1.82) is 0 Å². The minimum Gasteiger partial charge on any atom is -0.394 e. The van der Waals surface area contributed by atoms with Crippen molar-refractivity contribution in [3.05, 3.63) is 28.2 Å².